The molecule has 0 radical (unpaired) electrons. The van der Waals surface area contributed by atoms with Crippen molar-refractivity contribution in [2.75, 3.05) is 19.8 Å². The smallest absolute Gasteiger partial charge is 0.469 e. The van der Waals surface area contributed by atoms with Crippen molar-refractivity contribution in [2.24, 2.45) is 0 Å². The van der Waals surface area contributed by atoms with E-state index in [1.807, 2.05) is 0 Å². The molecule has 18 heteroatoms. The Kier molecular flexibility index (Phi) is 10.1. The maximum Gasteiger partial charge on any atom is 0.469 e. The van der Waals surface area contributed by atoms with Gasteiger partial charge in [-0.25, -0.2) is 9.36 Å². The van der Waals surface area contributed by atoms with E-state index >= 15 is 0 Å². The van der Waals surface area contributed by atoms with Crippen LogP contribution >= 0.6 is 7.82 Å². The Morgan fingerprint density at radius 1 is 0.848 bits per heavy atom. The average molecular weight is 510 g/mol. The number of hydrogen-bond acceptors (Lipinski definition) is 14. The summed E-state index contributed by atoms with van der Waals surface area (Å²) in [5.74, 6) is -1.78. The zero-order valence-electron chi connectivity index (χ0n) is 16.7. The lowest BCUT2D eigenvalue weighted by atomic mass is 9.97. The molecule has 2 aliphatic heterocycles. The molecule has 17 nitrogen and oxygen atoms in total. The first-order valence-electron chi connectivity index (χ1n) is 9.47. The van der Waals surface area contributed by atoms with Crippen molar-refractivity contribution >= 4 is 13.8 Å². The van der Waals surface area contributed by atoms with Gasteiger partial charge in [-0.05, 0) is 0 Å². The molecule has 2 heterocycles. The Bertz CT molecular complexity index is 685. The second-order valence-electron chi connectivity index (χ2n) is 7.25. The van der Waals surface area contributed by atoms with Gasteiger partial charge in [0.25, 0.3) is 0 Å². The summed E-state index contributed by atoms with van der Waals surface area (Å²) in [5, 5.41) is 78.2. The number of aliphatic hydroxyl groups is 7. The quantitative estimate of drug-likeness (QED) is 0.122. The average Bonchev–Trinajstić information content (AvgIpc) is 2.74. The van der Waals surface area contributed by atoms with Crippen LogP contribution in [0.25, 0.3) is 0 Å². The van der Waals surface area contributed by atoms with Gasteiger partial charge in [0.05, 0.1) is 19.8 Å². The second-order valence-corrected chi connectivity index (χ2v) is 8.49. The first-order valence-corrected chi connectivity index (χ1v) is 11.0. The first-order chi connectivity index (χ1) is 15.3. The first kappa shape index (κ1) is 28.4. The van der Waals surface area contributed by atoms with E-state index in [2.05, 4.69) is 4.52 Å². The Labute approximate surface area is 185 Å². The van der Waals surface area contributed by atoms with Crippen LogP contribution in [0.5, 0.6) is 0 Å². The fourth-order valence-corrected chi connectivity index (χ4v) is 3.47. The molecule has 2 rings (SSSR count). The standard InChI is InChI=1S/C15H27O17P/c16-1-4-7(18)9(20)11(22)14(29-4)32-12-10(21)8(19)5(2-17)30-15(12)31-6(13(23)24)3-28-33(25,26)27/h4-12,14-22H,1-3H2,(H,23,24)(H2,25,26,27)/t4-,5-,6-,7-,8-,9+,10+,11+,12-,14-,15-/m1/s1. The monoisotopic (exact) mass is 510 g/mol. The highest BCUT2D eigenvalue weighted by Crippen LogP contribution is 2.36. The van der Waals surface area contributed by atoms with Crippen LogP contribution in [0.2, 0.25) is 0 Å². The summed E-state index contributed by atoms with van der Waals surface area (Å²) in [6.45, 7) is -2.87. The summed E-state index contributed by atoms with van der Waals surface area (Å²) in [7, 11) is -5.10. The molecule has 0 bridgehead atoms. The maximum atomic E-state index is 11.4. The van der Waals surface area contributed by atoms with E-state index in [1.54, 1.807) is 0 Å². The molecule has 0 aromatic heterocycles. The summed E-state index contributed by atoms with van der Waals surface area (Å²) in [6.07, 6.45) is -20.1. The number of carbonyl (C=O) groups is 1. The van der Waals surface area contributed by atoms with Crippen LogP contribution in [0.1, 0.15) is 0 Å². The minimum absolute atomic E-state index is 0.815. The van der Waals surface area contributed by atoms with Gasteiger partial charge in [-0.2, -0.15) is 0 Å². The SMILES string of the molecule is O=C(O)[C@@H](COP(=O)(O)O)O[C@H]1O[C@H](CO)[C@@H](O)[C@H](O)[C@H]1O[C@H]1O[C@H](CO)[C@@H](O)[C@H](O)[C@@H]1O. The maximum absolute atomic E-state index is 11.4. The topological polar surface area (TPSA) is 283 Å². The molecule has 0 spiro atoms. The predicted molar refractivity (Wildman–Crippen MR) is 96.9 cm³/mol. The number of rotatable bonds is 10. The third-order valence-corrected chi connectivity index (χ3v) is 5.42. The van der Waals surface area contributed by atoms with E-state index in [0.717, 1.165) is 0 Å². The zero-order chi connectivity index (χ0) is 25.1. The molecule has 0 aromatic rings. The molecule has 0 aliphatic carbocycles. The number of phosphoric ester groups is 1. The van der Waals surface area contributed by atoms with Crippen molar-refractivity contribution in [1.82, 2.24) is 0 Å². The number of aliphatic carboxylic acids is 1. The second kappa shape index (κ2) is 11.7. The van der Waals surface area contributed by atoms with Crippen molar-refractivity contribution < 1.29 is 83.5 Å². The third kappa shape index (κ3) is 7.07. The molecule has 33 heavy (non-hydrogen) atoms. The van der Waals surface area contributed by atoms with Gasteiger partial charge in [-0.3, -0.25) is 4.52 Å². The lowest BCUT2D eigenvalue weighted by molar-refractivity contribution is -0.371. The van der Waals surface area contributed by atoms with Gasteiger partial charge in [0, 0.05) is 0 Å². The number of phosphoric acid groups is 1. The lowest BCUT2D eigenvalue weighted by Gasteiger charge is -2.46. The van der Waals surface area contributed by atoms with Crippen LogP contribution in [-0.2, 0) is 32.8 Å². The van der Waals surface area contributed by atoms with Gasteiger partial charge < -0.3 is 69.6 Å². The summed E-state index contributed by atoms with van der Waals surface area (Å²) in [5.41, 5.74) is 0. The molecule has 2 saturated heterocycles. The molecule has 11 atom stereocenters. The van der Waals surface area contributed by atoms with Gasteiger partial charge in [0.15, 0.2) is 18.7 Å². The minimum atomic E-state index is -5.10. The zero-order valence-corrected chi connectivity index (χ0v) is 17.6. The number of carboxylic acid groups (broad SMARTS) is 1. The summed E-state index contributed by atoms with van der Waals surface area (Å²) >= 11 is 0. The van der Waals surface area contributed by atoms with Gasteiger partial charge >= 0.3 is 13.8 Å². The van der Waals surface area contributed by atoms with Crippen molar-refractivity contribution in [3.05, 3.63) is 0 Å². The third-order valence-electron chi connectivity index (χ3n) is 4.93. The molecule has 2 aliphatic rings. The van der Waals surface area contributed by atoms with E-state index in [9.17, 15) is 50.2 Å². The Balaban J connectivity index is 2.25. The molecular weight excluding hydrogens is 483 g/mol. The molecule has 0 unspecified atom stereocenters. The molecular formula is C15H27O17P. The van der Waals surface area contributed by atoms with E-state index in [1.165, 1.54) is 0 Å². The Morgan fingerprint density at radius 2 is 1.36 bits per heavy atom. The van der Waals surface area contributed by atoms with Gasteiger partial charge in [0.1, 0.15) is 48.8 Å². The highest BCUT2D eigenvalue weighted by molar-refractivity contribution is 7.46. The summed E-state index contributed by atoms with van der Waals surface area (Å²) in [6, 6.07) is 0. The van der Waals surface area contributed by atoms with Crippen LogP contribution in [0.4, 0.5) is 0 Å². The lowest BCUT2D eigenvalue weighted by Crippen LogP contribution is -2.65. The largest absolute Gasteiger partial charge is 0.479 e. The van der Waals surface area contributed by atoms with E-state index in [4.69, 9.17) is 28.7 Å². The van der Waals surface area contributed by atoms with Gasteiger partial charge in [-0.15, -0.1) is 0 Å². The highest BCUT2D eigenvalue weighted by atomic mass is 31.2. The number of carboxylic acids is 1. The molecule has 194 valence electrons. The van der Waals surface area contributed by atoms with Gasteiger partial charge in [0.2, 0.25) is 0 Å². The Morgan fingerprint density at radius 3 is 1.85 bits per heavy atom. The number of aliphatic hydroxyl groups excluding tert-OH is 7. The minimum Gasteiger partial charge on any atom is -0.479 e. The van der Waals surface area contributed by atoms with Crippen LogP contribution < -0.4 is 0 Å². The summed E-state index contributed by atoms with van der Waals surface area (Å²) in [4.78, 5) is 29.0. The Hall–Kier alpha value is -0.860. The predicted octanol–water partition coefficient (Wildman–Crippen LogP) is -5.81. The van der Waals surface area contributed by atoms with E-state index in [0.29, 0.717) is 0 Å². The van der Waals surface area contributed by atoms with E-state index in [-0.39, 0.29) is 0 Å². The molecule has 0 saturated carbocycles. The molecule has 2 fully saturated rings. The van der Waals surface area contributed by atoms with Gasteiger partial charge in [-0.1, -0.05) is 0 Å². The summed E-state index contributed by atoms with van der Waals surface area (Å²) < 4.78 is 35.7. The van der Waals surface area contributed by atoms with Crippen molar-refractivity contribution in [2.45, 2.75) is 67.5 Å². The van der Waals surface area contributed by atoms with Crippen molar-refractivity contribution in [1.29, 1.82) is 0 Å². The fraction of sp³-hybridized carbons (Fsp3) is 0.933. The van der Waals surface area contributed by atoms with Crippen LogP contribution in [-0.4, -0.2) is 144 Å². The van der Waals surface area contributed by atoms with Crippen LogP contribution in [0.3, 0.4) is 0 Å². The van der Waals surface area contributed by atoms with Crippen LogP contribution in [0.15, 0.2) is 0 Å². The number of ether oxygens (including phenoxy) is 4. The van der Waals surface area contributed by atoms with Crippen LogP contribution in [0, 0.1) is 0 Å². The molecule has 0 aromatic carbocycles. The van der Waals surface area contributed by atoms with E-state index < -0.39 is 101 Å². The van der Waals surface area contributed by atoms with Crippen molar-refractivity contribution in [3.63, 3.8) is 0 Å². The molecule has 10 N–H and O–H groups in total. The normalized spacial score (nSPS) is 41.0. The fourth-order valence-electron chi connectivity index (χ4n) is 3.14. The highest BCUT2D eigenvalue weighted by Gasteiger charge is 2.51. The van der Waals surface area contributed by atoms with Crippen molar-refractivity contribution in [3.8, 4) is 0 Å². The number of hydrogen-bond donors (Lipinski definition) is 10. The molecule has 0 amide bonds.